The van der Waals surface area contributed by atoms with E-state index < -0.39 is 28.5 Å². The van der Waals surface area contributed by atoms with Crippen molar-refractivity contribution in [1.82, 2.24) is 10.2 Å². The lowest BCUT2D eigenvalue weighted by atomic mass is 10.0. The summed E-state index contributed by atoms with van der Waals surface area (Å²) in [5, 5.41) is 2.98. The van der Waals surface area contributed by atoms with Crippen molar-refractivity contribution in [3.05, 3.63) is 131 Å². The number of sulfonamides is 1. The number of carbonyl (C=O) groups is 2. The van der Waals surface area contributed by atoms with Crippen LogP contribution in [0.25, 0.3) is 0 Å². The van der Waals surface area contributed by atoms with Crippen LogP contribution in [0.3, 0.4) is 0 Å². The average molecular weight is 612 g/mol. The summed E-state index contributed by atoms with van der Waals surface area (Å²) in [6, 6.07) is 30.1. The monoisotopic (exact) mass is 611 g/mol. The van der Waals surface area contributed by atoms with Gasteiger partial charge >= 0.3 is 0 Å². The highest BCUT2D eigenvalue weighted by atomic mass is 32.2. The molecule has 4 rings (SSSR count). The molecule has 1 N–H and O–H groups in total. The Bertz CT molecular complexity index is 1670. The molecule has 0 aliphatic heterocycles. The molecule has 4 aromatic rings. The molecule has 0 heterocycles. The van der Waals surface area contributed by atoms with Gasteiger partial charge in [0.1, 0.15) is 12.6 Å². The third kappa shape index (κ3) is 8.14. The number of carbonyl (C=O) groups excluding carboxylic acids is 2. The minimum atomic E-state index is -4.13. The van der Waals surface area contributed by atoms with Gasteiger partial charge in [0, 0.05) is 19.5 Å². The Balaban J connectivity index is 1.81. The second-order valence-corrected chi connectivity index (χ2v) is 13.0. The van der Waals surface area contributed by atoms with Crippen molar-refractivity contribution < 1.29 is 18.0 Å². The van der Waals surface area contributed by atoms with Crippen LogP contribution in [0.15, 0.2) is 108 Å². The van der Waals surface area contributed by atoms with Gasteiger partial charge in [0.25, 0.3) is 10.0 Å². The summed E-state index contributed by atoms with van der Waals surface area (Å²) in [5.41, 5.74) is 4.89. The number of nitrogens with zero attached hydrogens (tertiary/aromatic N) is 2. The quantitative estimate of drug-likeness (QED) is 0.202. The molecule has 8 heteroatoms. The molecular formula is C36H41N3O4S. The molecular weight excluding hydrogens is 570 g/mol. The van der Waals surface area contributed by atoms with E-state index in [9.17, 15) is 18.0 Å². The summed E-state index contributed by atoms with van der Waals surface area (Å²) < 4.78 is 29.5. The van der Waals surface area contributed by atoms with Gasteiger partial charge in [-0.25, -0.2) is 8.42 Å². The highest BCUT2D eigenvalue weighted by Crippen LogP contribution is 2.28. The van der Waals surface area contributed by atoms with Crippen LogP contribution < -0.4 is 9.62 Å². The van der Waals surface area contributed by atoms with Crippen LogP contribution in [0.1, 0.15) is 41.2 Å². The van der Waals surface area contributed by atoms with Gasteiger partial charge in [-0.2, -0.15) is 0 Å². The molecule has 0 aliphatic carbocycles. The number of hydrogen-bond acceptors (Lipinski definition) is 4. The molecule has 0 unspecified atom stereocenters. The van der Waals surface area contributed by atoms with Gasteiger partial charge in [0.15, 0.2) is 0 Å². The maximum Gasteiger partial charge on any atom is 0.264 e. The largest absolute Gasteiger partial charge is 0.354 e. The second-order valence-electron chi connectivity index (χ2n) is 11.1. The summed E-state index contributed by atoms with van der Waals surface area (Å²) >= 11 is 0. The molecule has 0 aromatic heterocycles. The van der Waals surface area contributed by atoms with Gasteiger partial charge < -0.3 is 10.2 Å². The topological polar surface area (TPSA) is 86.8 Å². The average Bonchev–Trinajstić information content (AvgIpc) is 3.01. The number of hydrogen-bond donors (Lipinski definition) is 1. The van der Waals surface area contributed by atoms with Gasteiger partial charge in [0.05, 0.1) is 10.6 Å². The van der Waals surface area contributed by atoms with Crippen LogP contribution >= 0.6 is 0 Å². The van der Waals surface area contributed by atoms with E-state index in [1.807, 2.05) is 94.4 Å². The van der Waals surface area contributed by atoms with Crippen molar-refractivity contribution in [1.29, 1.82) is 0 Å². The van der Waals surface area contributed by atoms with Crippen LogP contribution in [0.2, 0.25) is 0 Å². The van der Waals surface area contributed by atoms with Gasteiger partial charge in [-0.1, -0.05) is 103 Å². The molecule has 0 saturated carbocycles. The Morgan fingerprint density at radius 2 is 1.41 bits per heavy atom. The zero-order valence-electron chi connectivity index (χ0n) is 25.9. The summed E-state index contributed by atoms with van der Waals surface area (Å²) in [5.74, 6) is -0.751. The Hall–Kier alpha value is -4.43. The normalized spacial score (nSPS) is 11.9. The van der Waals surface area contributed by atoms with Crippen LogP contribution in [0.5, 0.6) is 0 Å². The fraction of sp³-hybridized carbons (Fsp3) is 0.278. The predicted molar refractivity (Wildman–Crippen MR) is 176 cm³/mol. The summed E-state index contributed by atoms with van der Waals surface area (Å²) in [4.78, 5) is 29.9. The van der Waals surface area contributed by atoms with E-state index in [4.69, 9.17) is 0 Å². The minimum Gasteiger partial charge on any atom is -0.354 e. The first-order chi connectivity index (χ1) is 21.1. The third-order valence-corrected chi connectivity index (χ3v) is 9.26. The van der Waals surface area contributed by atoms with Crippen molar-refractivity contribution in [2.24, 2.45) is 0 Å². The van der Waals surface area contributed by atoms with Crippen LogP contribution in [0.4, 0.5) is 5.69 Å². The molecule has 2 amide bonds. The van der Waals surface area contributed by atoms with Gasteiger partial charge in [-0.3, -0.25) is 13.9 Å². The van der Waals surface area contributed by atoms with E-state index in [0.717, 1.165) is 34.2 Å². The number of rotatable bonds is 13. The number of amides is 2. The highest BCUT2D eigenvalue weighted by molar-refractivity contribution is 7.92. The van der Waals surface area contributed by atoms with Crippen LogP contribution in [-0.4, -0.2) is 44.3 Å². The van der Waals surface area contributed by atoms with E-state index in [1.54, 1.807) is 24.3 Å². The van der Waals surface area contributed by atoms with E-state index >= 15 is 0 Å². The minimum absolute atomic E-state index is 0.0829. The second kappa shape index (κ2) is 14.8. The Labute approximate surface area is 261 Å². The van der Waals surface area contributed by atoms with Gasteiger partial charge in [-0.05, 0) is 62.1 Å². The fourth-order valence-electron chi connectivity index (χ4n) is 5.25. The Kier molecular flexibility index (Phi) is 11.0. The lowest BCUT2D eigenvalue weighted by Crippen LogP contribution is -2.53. The Morgan fingerprint density at radius 1 is 0.773 bits per heavy atom. The van der Waals surface area contributed by atoms with Crippen LogP contribution in [0, 0.1) is 20.8 Å². The predicted octanol–water partition coefficient (Wildman–Crippen LogP) is 5.97. The summed E-state index contributed by atoms with van der Waals surface area (Å²) in [6.07, 6.45) is 1.02. The van der Waals surface area contributed by atoms with E-state index in [2.05, 4.69) is 5.32 Å². The van der Waals surface area contributed by atoms with E-state index in [1.165, 1.54) is 21.3 Å². The molecule has 0 bridgehead atoms. The summed E-state index contributed by atoms with van der Waals surface area (Å²) in [6.45, 7) is 7.85. The van der Waals surface area contributed by atoms with Crippen molar-refractivity contribution in [2.75, 3.05) is 17.4 Å². The SMILES string of the molecule is CCCNC(=O)[C@H](Cc1ccccc1)N(Cc1cccc(C)c1)C(=O)CN(c1ccc(C)cc1C)S(=O)(=O)c1ccccc1. The molecule has 0 saturated heterocycles. The molecule has 4 aromatic carbocycles. The maximum atomic E-state index is 14.5. The smallest absolute Gasteiger partial charge is 0.264 e. The van der Waals surface area contributed by atoms with Gasteiger partial charge in [-0.15, -0.1) is 0 Å². The molecule has 0 radical (unpaired) electrons. The zero-order valence-corrected chi connectivity index (χ0v) is 26.7. The van der Waals surface area contributed by atoms with Crippen molar-refractivity contribution >= 4 is 27.5 Å². The molecule has 7 nitrogen and oxygen atoms in total. The number of benzene rings is 4. The zero-order chi connectivity index (χ0) is 31.7. The first kappa shape index (κ1) is 32.5. The molecule has 0 aliphatic rings. The maximum absolute atomic E-state index is 14.5. The number of nitrogens with one attached hydrogen (secondary N) is 1. The van der Waals surface area contributed by atoms with Crippen molar-refractivity contribution in [3.8, 4) is 0 Å². The fourth-order valence-corrected chi connectivity index (χ4v) is 6.75. The van der Waals surface area contributed by atoms with Crippen molar-refractivity contribution in [3.63, 3.8) is 0 Å². The lowest BCUT2D eigenvalue weighted by molar-refractivity contribution is -0.140. The lowest BCUT2D eigenvalue weighted by Gasteiger charge is -2.34. The summed E-state index contributed by atoms with van der Waals surface area (Å²) in [7, 11) is -4.13. The molecule has 230 valence electrons. The number of aryl methyl sites for hydroxylation is 3. The molecule has 44 heavy (non-hydrogen) atoms. The van der Waals surface area contributed by atoms with E-state index in [-0.39, 0.29) is 23.8 Å². The molecule has 0 spiro atoms. The Morgan fingerprint density at radius 3 is 2.05 bits per heavy atom. The standard InChI is InChI=1S/C36H41N3O4S/c1-5-21-37-36(41)34(24-30-14-8-6-9-15-30)38(25-31-16-12-13-27(2)23-31)35(40)26-39(33-20-19-28(3)22-29(33)4)44(42,43)32-17-10-7-11-18-32/h6-20,22-23,34H,5,21,24-26H2,1-4H3,(H,37,41)/t34-/m0/s1. The first-order valence-corrected chi connectivity index (χ1v) is 16.4. The first-order valence-electron chi connectivity index (χ1n) is 14.9. The highest BCUT2D eigenvalue weighted by Gasteiger charge is 2.35. The van der Waals surface area contributed by atoms with E-state index in [0.29, 0.717) is 12.2 Å². The number of anilines is 1. The molecule has 1 atom stereocenters. The van der Waals surface area contributed by atoms with Crippen molar-refractivity contribution in [2.45, 2.75) is 58.0 Å². The van der Waals surface area contributed by atoms with Crippen LogP contribution in [-0.2, 0) is 32.6 Å². The van der Waals surface area contributed by atoms with Gasteiger partial charge in [0.2, 0.25) is 11.8 Å². The third-order valence-electron chi connectivity index (χ3n) is 7.49. The molecule has 0 fully saturated rings.